The van der Waals surface area contributed by atoms with E-state index in [0.29, 0.717) is 12.2 Å². The first-order valence-corrected chi connectivity index (χ1v) is 7.18. The van der Waals surface area contributed by atoms with Crippen LogP contribution in [-0.2, 0) is 0 Å². The van der Waals surface area contributed by atoms with Gasteiger partial charge in [0.1, 0.15) is 5.75 Å². The van der Waals surface area contributed by atoms with Gasteiger partial charge in [-0.1, -0.05) is 12.8 Å². The molecule has 0 heterocycles. The smallest absolute Gasteiger partial charge is 0.272 e. The lowest BCUT2D eigenvalue weighted by atomic mass is 10.1. The summed E-state index contributed by atoms with van der Waals surface area (Å²) in [7, 11) is 0. The molecule has 0 saturated heterocycles. The lowest BCUT2D eigenvalue weighted by Crippen LogP contribution is -2.01. The van der Waals surface area contributed by atoms with Crippen molar-refractivity contribution in [1.29, 1.82) is 0 Å². The average Bonchev–Trinajstić information content (AvgIpc) is 2.36. The number of ether oxygens (including phenoxy) is 1. The van der Waals surface area contributed by atoms with Crippen LogP contribution >= 0.6 is 12.6 Å². The highest BCUT2D eigenvalue weighted by Crippen LogP contribution is 2.27. The van der Waals surface area contributed by atoms with Gasteiger partial charge in [-0.05, 0) is 44.1 Å². The van der Waals surface area contributed by atoms with E-state index in [2.05, 4.69) is 12.6 Å². The predicted molar refractivity (Wildman–Crippen MR) is 80.4 cm³/mol. The van der Waals surface area contributed by atoms with Crippen LogP contribution in [0.4, 0.5) is 5.69 Å². The van der Waals surface area contributed by atoms with E-state index in [1.54, 1.807) is 19.1 Å². The molecular formula is C14H21NO3S. The van der Waals surface area contributed by atoms with Gasteiger partial charge in [-0.15, -0.1) is 0 Å². The lowest BCUT2D eigenvalue weighted by Gasteiger charge is -2.10. The molecule has 1 rings (SSSR count). The van der Waals surface area contributed by atoms with Crippen LogP contribution in [-0.4, -0.2) is 17.3 Å². The van der Waals surface area contributed by atoms with Crippen LogP contribution < -0.4 is 4.74 Å². The van der Waals surface area contributed by atoms with Crippen LogP contribution in [0.15, 0.2) is 12.1 Å². The SMILES string of the molecule is Cc1cc([N+](=O)[O-])c(C)cc1OCCCCCCS. The molecule has 1 aromatic carbocycles. The molecule has 1 aromatic rings. The summed E-state index contributed by atoms with van der Waals surface area (Å²) < 4.78 is 5.69. The number of nitro groups is 1. The molecule has 0 aliphatic carbocycles. The Morgan fingerprint density at radius 1 is 1.16 bits per heavy atom. The Morgan fingerprint density at radius 2 is 1.84 bits per heavy atom. The maximum atomic E-state index is 10.8. The van der Waals surface area contributed by atoms with Crippen LogP contribution in [0.3, 0.4) is 0 Å². The van der Waals surface area contributed by atoms with Crippen molar-refractivity contribution in [3.63, 3.8) is 0 Å². The second-order valence-corrected chi connectivity index (χ2v) is 5.09. The molecule has 0 amide bonds. The Hall–Kier alpha value is -1.23. The van der Waals surface area contributed by atoms with Crippen molar-refractivity contribution in [2.75, 3.05) is 12.4 Å². The molecule has 0 saturated carbocycles. The fourth-order valence-electron chi connectivity index (χ4n) is 1.88. The van der Waals surface area contributed by atoms with Crippen molar-refractivity contribution in [1.82, 2.24) is 0 Å². The number of unbranched alkanes of at least 4 members (excludes halogenated alkanes) is 3. The van der Waals surface area contributed by atoms with Crippen LogP contribution in [0.25, 0.3) is 0 Å². The predicted octanol–water partition coefficient (Wildman–Crippen LogP) is 4.08. The Bertz CT molecular complexity index is 435. The fourth-order valence-corrected chi connectivity index (χ4v) is 2.10. The van der Waals surface area contributed by atoms with Gasteiger partial charge in [-0.25, -0.2) is 0 Å². The molecular weight excluding hydrogens is 262 g/mol. The molecule has 0 atom stereocenters. The highest BCUT2D eigenvalue weighted by atomic mass is 32.1. The van der Waals surface area contributed by atoms with E-state index in [1.165, 1.54) is 6.42 Å². The number of nitro benzene ring substituents is 1. The topological polar surface area (TPSA) is 52.4 Å². The van der Waals surface area contributed by atoms with E-state index in [4.69, 9.17) is 4.74 Å². The lowest BCUT2D eigenvalue weighted by molar-refractivity contribution is -0.385. The molecule has 5 heteroatoms. The highest BCUT2D eigenvalue weighted by molar-refractivity contribution is 7.80. The van der Waals surface area contributed by atoms with Crippen LogP contribution in [0.1, 0.15) is 36.8 Å². The molecule has 0 bridgehead atoms. The van der Waals surface area contributed by atoms with Gasteiger partial charge in [0.15, 0.2) is 0 Å². The van der Waals surface area contributed by atoms with Crippen molar-refractivity contribution >= 4 is 18.3 Å². The molecule has 0 spiro atoms. The van der Waals surface area contributed by atoms with Crippen molar-refractivity contribution in [3.05, 3.63) is 33.4 Å². The van der Waals surface area contributed by atoms with E-state index in [9.17, 15) is 10.1 Å². The van der Waals surface area contributed by atoms with Gasteiger partial charge in [-0.3, -0.25) is 10.1 Å². The normalized spacial score (nSPS) is 10.5. The summed E-state index contributed by atoms with van der Waals surface area (Å²) in [4.78, 5) is 10.4. The third kappa shape index (κ3) is 5.11. The zero-order chi connectivity index (χ0) is 14.3. The van der Waals surface area contributed by atoms with Crippen LogP contribution in [0.5, 0.6) is 5.75 Å². The maximum absolute atomic E-state index is 10.8. The van der Waals surface area contributed by atoms with Gasteiger partial charge in [0, 0.05) is 11.6 Å². The summed E-state index contributed by atoms with van der Waals surface area (Å²) in [5, 5.41) is 10.8. The summed E-state index contributed by atoms with van der Waals surface area (Å²) in [6.07, 6.45) is 4.44. The Labute approximate surface area is 119 Å². The number of nitrogens with zero attached hydrogens (tertiary/aromatic N) is 1. The van der Waals surface area contributed by atoms with Crippen LogP contribution in [0.2, 0.25) is 0 Å². The quantitative estimate of drug-likeness (QED) is 0.338. The van der Waals surface area contributed by atoms with Gasteiger partial charge < -0.3 is 4.74 Å². The van der Waals surface area contributed by atoms with Crippen molar-refractivity contribution in [3.8, 4) is 5.75 Å². The largest absolute Gasteiger partial charge is 0.493 e. The molecule has 0 unspecified atom stereocenters. The third-order valence-electron chi connectivity index (χ3n) is 3.00. The number of hydrogen-bond donors (Lipinski definition) is 1. The number of benzene rings is 1. The average molecular weight is 283 g/mol. The minimum absolute atomic E-state index is 0.152. The minimum Gasteiger partial charge on any atom is -0.493 e. The maximum Gasteiger partial charge on any atom is 0.272 e. The summed E-state index contributed by atoms with van der Waals surface area (Å²) in [6, 6.07) is 3.33. The summed E-state index contributed by atoms with van der Waals surface area (Å²) in [5.74, 6) is 1.68. The van der Waals surface area contributed by atoms with Gasteiger partial charge in [0.05, 0.1) is 11.5 Å². The number of rotatable bonds is 8. The van der Waals surface area contributed by atoms with Gasteiger partial charge >= 0.3 is 0 Å². The third-order valence-corrected chi connectivity index (χ3v) is 3.32. The van der Waals surface area contributed by atoms with Crippen molar-refractivity contribution < 1.29 is 9.66 Å². The fraction of sp³-hybridized carbons (Fsp3) is 0.571. The molecule has 4 nitrogen and oxygen atoms in total. The van der Waals surface area contributed by atoms with E-state index >= 15 is 0 Å². The van der Waals surface area contributed by atoms with E-state index in [1.807, 2.05) is 6.92 Å². The van der Waals surface area contributed by atoms with E-state index < -0.39 is 0 Å². The summed E-state index contributed by atoms with van der Waals surface area (Å²) >= 11 is 4.17. The Morgan fingerprint density at radius 3 is 2.47 bits per heavy atom. The van der Waals surface area contributed by atoms with E-state index in [-0.39, 0.29) is 10.6 Å². The molecule has 19 heavy (non-hydrogen) atoms. The molecule has 0 radical (unpaired) electrons. The number of aryl methyl sites for hydroxylation is 2. The summed E-state index contributed by atoms with van der Waals surface area (Å²) in [6.45, 7) is 4.23. The standard InChI is InChI=1S/C14H21NO3S/c1-11-10-14(12(2)9-13(11)15(16)17)18-7-5-3-4-6-8-19/h9-10,19H,3-8H2,1-2H3. The number of hydrogen-bond acceptors (Lipinski definition) is 4. The van der Waals surface area contributed by atoms with Crippen molar-refractivity contribution in [2.24, 2.45) is 0 Å². The summed E-state index contributed by atoms with van der Waals surface area (Å²) in [5.41, 5.74) is 1.60. The highest BCUT2D eigenvalue weighted by Gasteiger charge is 2.13. The minimum atomic E-state index is -0.358. The number of thiol groups is 1. The van der Waals surface area contributed by atoms with E-state index in [0.717, 1.165) is 36.3 Å². The molecule has 106 valence electrons. The zero-order valence-electron chi connectivity index (χ0n) is 11.5. The first-order valence-electron chi connectivity index (χ1n) is 6.55. The molecule has 0 aromatic heterocycles. The Kier molecular flexibility index (Phi) is 6.70. The molecule has 0 fully saturated rings. The van der Waals surface area contributed by atoms with Crippen LogP contribution in [0, 0.1) is 24.0 Å². The second-order valence-electron chi connectivity index (χ2n) is 4.65. The molecule has 0 aliphatic rings. The first-order chi connectivity index (χ1) is 9.06. The van der Waals surface area contributed by atoms with Gasteiger partial charge in [-0.2, -0.15) is 12.6 Å². The Balaban J connectivity index is 2.50. The molecule has 0 N–H and O–H groups in total. The first kappa shape index (κ1) is 15.8. The van der Waals surface area contributed by atoms with Gasteiger partial charge in [0.2, 0.25) is 0 Å². The van der Waals surface area contributed by atoms with Crippen molar-refractivity contribution in [2.45, 2.75) is 39.5 Å². The zero-order valence-corrected chi connectivity index (χ0v) is 12.4. The monoisotopic (exact) mass is 283 g/mol. The van der Waals surface area contributed by atoms with Gasteiger partial charge in [0.25, 0.3) is 5.69 Å². The second kappa shape index (κ2) is 8.04. The molecule has 0 aliphatic heterocycles.